The van der Waals surface area contributed by atoms with E-state index in [0.717, 1.165) is 22.3 Å². The van der Waals surface area contributed by atoms with E-state index < -0.39 is 6.04 Å². The molecule has 0 spiro atoms. The van der Waals surface area contributed by atoms with Crippen LogP contribution in [0, 0.1) is 20.8 Å². The smallest absolute Gasteiger partial charge is 0.261 e. The number of carbonyl (C=O) groups excluding carboxylic acids is 2. The van der Waals surface area contributed by atoms with Gasteiger partial charge in [-0.2, -0.15) is 0 Å². The highest BCUT2D eigenvalue weighted by Gasteiger charge is 2.27. The number of aryl methyl sites for hydroxylation is 2. The summed E-state index contributed by atoms with van der Waals surface area (Å²) in [5, 5.41) is 3.42. The first-order chi connectivity index (χ1) is 14.1. The van der Waals surface area contributed by atoms with E-state index in [9.17, 15) is 9.59 Å². The number of rotatable bonds is 8. The first-order valence-electron chi connectivity index (χ1n) is 10.1. The molecule has 2 rings (SSSR count). The minimum absolute atomic E-state index is 0.0219. The summed E-state index contributed by atoms with van der Waals surface area (Å²) in [5.41, 5.74) is 3.95. The monoisotopic (exact) mass is 430 g/mol. The maximum absolute atomic E-state index is 13.1. The molecule has 0 heterocycles. The zero-order valence-corrected chi connectivity index (χ0v) is 19.3. The van der Waals surface area contributed by atoms with Gasteiger partial charge in [-0.15, -0.1) is 0 Å². The molecular weight excluding hydrogens is 400 g/mol. The molecule has 0 aromatic heterocycles. The second-order valence-electron chi connectivity index (χ2n) is 7.95. The van der Waals surface area contributed by atoms with Gasteiger partial charge in [0, 0.05) is 17.6 Å². The van der Waals surface area contributed by atoms with E-state index in [4.69, 9.17) is 16.3 Å². The van der Waals surface area contributed by atoms with Crippen LogP contribution in [0.4, 0.5) is 0 Å². The molecule has 30 heavy (non-hydrogen) atoms. The van der Waals surface area contributed by atoms with Crippen LogP contribution in [0.15, 0.2) is 36.4 Å². The Bertz CT molecular complexity index is 911. The Balaban J connectivity index is 2.23. The van der Waals surface area contributed by atoms with Gasteiger partial charge in [0.1, 0.15) is 11.8 Å². The van der Waals surface area contributed by atoms with Crippen molar-refractivity contribution < 1.29 is 14.3 Å². The van der Waals surface area contributed by atoms with Gasteiger partial charge in [0.05, 0.1) is 0 Å². The van der Waals surface area contributed by atoms with Crippen LogP contribution in [-0.2, 0) is 16.1 Å². The summed E-state index contributed by atoms with van der Waals surface area (Å²) < 4.78 is 5.86. The molecule has 2 amide bonds. The van der Waals surface area contributed by atoms with Crippen LogP contribution < -0.4 is 10.1 Å². The molecule has 2 aromatic rings. The van der Waals surface area contributed by atoms with Crippen molar-refractivity contribution in [2.45, 2.75) is 60.2 Å². The summed E-state index contributed by atoms with van der Waals surface area (Å²) in [7, 11) is 0. The van der Waals surface area contributed by atoms with Crippen LogP contribution in [0.1, 0.15) is 43.0 Å². The maximum Gasteiger partial charge on any atom is 0.261 e. The summed E-state index contributed by atoms with van der Waals surface area (Å²) in [6, 6.07) is 10.6. The van der Waals surface area contributed by atoms with Gasteiger partial charge in [0.25, 0.3) is 5.91 Å². The molecule has 0 radical (unpaired) electrons. The Morgan fingerprint density at radius 3 is 2.40 bits per heavy atom. The minimum atomic E-state index is -0.667. The lowest BCUT2D eigenvalue weighted by Gasteiger charge is -2.29. The van der Waals surface area contributed by atoms with E-state index in [2.05, 4.69) is 11.4 Å². The number of carbonyl (C=O) groups is 2. The van der Waals surface area contributed by atoms with E-state index in [1.807, 2.05) is 58.9 Å². The fourth-order valence-electron chi connectivity index (χ4n) is 3.17. The molecule has 0 aliphatic rings. The molecule has 2 aromatic carbocycles. The fraction of sp³-hybridized carbons (Fsp3) is 0.417. The average molecular weight is 431 g/mol. The third-order valence-corrected chi connectivity index (χ3v) is 5.38. The van der Waals surface area contributed by atoms with E-state index in [-0.39, 0.29) is 31.0 Å². The molecular formula is C24H31ClN2O3. The highest BCUT2D eigenvalue weighted by atomic mass is 35.5. The zero-order chi connectivity index (χ0) is 22.4. The van der Waals surface area contributed by atoms with Crippen LogP contribution in [0.3, 0.4) is 0 Å². The summed E-state index contributed by atoms with van der Waals surface area (Å²) in [4.78, 5) is 27.2. The highest BCUT2D eigenvalue weighted by Crippen LogP contribution is 2.24. The minimum Gasteiger partial charge on any atom is -0.483 e. The molecule has 0 saturated heterocycles. The number of amides is 2. The Kier molecular flexibility index (Phi) is 8.30. The molecule has 0 aliphatic carbocycles. The normalized spacial score (nSPS) is 11.9. The zero-order valence-electron chi connectivity index (χ0n) is 18.6. The number of hydrogen-bond donors (Lipinski definition) is 1. The van der Waals surface area contributed by atoms with Crippen molar-refractivity contribution in [2.24, 2.45) is 0 Å². The maximum atomic E-state index is 13.1. The third-order valence-electron chi connectivity index (χ3n) is 5.01. The summed E-state index contributed by atoms with van der Waals surface area (Å²) >= 11 is 6.30. The molecule has 0 bridgehead atoms. The predicted octanol–water partition coefficient (Wildman–Crippen LogP) is 4.59. The molecule has 1 atom stereocenters. The number of hydrogen-bond acceptors (Lipinski definition) is 3. The predicted molar refractivity (Wildman–Crippen MR) is 121 cm³/mol. The first kappa shape index (κ1) is 23.7. The van der Waals surface area contributed by atoms with Crippen molar-refractivity contribution >= 4 is 23.4 Å². The number of halogens is 1. The summed E-state index contributed by atoms with van der Waals surface area (Å²) in [6.45, 7) is 11.5. The van der Waals surface area contributed by atoms with Gasteiger partial charge in [-0.1, -0.05) is 35.9 Å². The lowest BCUT2D eigenvalue weighted by atomic mass is 10.1. The highest BCUT2D eigenvalue weighted by molar-refractivity contribution is 6.31. The lowest BCUT2D eigenvalue weighted by molar-refractivity contribution is -0.142. The van der Waals surface area contributed by atoms with Crippen molar-refractivity contribution in [1.82, 2.24) is 10.2 Å². The quantitative estimate of drug-likeness (QED) is 0.666. The second-order valence-corrected chi connectivity index (χ2v) is 8.35. The number of ether oxygens (including phenoxy) is 1. The Morgan fingerprint density at radius 1 is 1.10 bits per heavy atom. The lowest BCUT2D eigenvalue weighted by Crippen LogP contribution is -2.50. The molecule has 1 N–H and O–H groups in total. The fourth-order valence-corrected chi connectivity index (χ4v) is 3.37. The first-order valence-corrected chi connectivity index (χ1v) is 10.5. The van der Waals surface area contributed by atoms with Gasteiger partial charge in [0.15, 0.2) is 6.61 Å². The Hall–Kier alpha value is -2.53. The van der Waals surface area contributed by atoms with Crippen molar-refractivity contribution in [1.29, 1.82) is 0 Å². The SMILES string of the molecule is Cc1cc(C)c(C)c(OCC(=O)N(Cc2ccccc2Cl)[C@H](C)C(=O)NC(C)C)c1. The molecule has 162 valence electrons. The molecule has 6 heteroatoms. The molecule has 0 aliphatic heterocycles. The van der Waals surface area contributed by atoms with Crippen LogP contribution >= 0.6 is 11.6 Å². The van der Waals surface area contributed by atoms with Gasteiger partial charge >= 0.3 is 0 Å². The van der Waals surface area contributed by atoms with E-state index in [0.29, 0.717) is 10.8 Å². The van der Waals surface area contributed by atoms with Gasteiger partial charge in [-0.05, 0) is 75.9 Å². The largest absolute Gasteiger partial charge is 0.483 e. The molecule has 0 unspecified atom stereocenters. The third kappa shape index (κ3) is 6.23. The van der Waals surface area contributed by atoms with Crippen molar-refractivity contribution in [3.8, 4) is 5.75 Å². The van der Waals surface area contributed by atoms with Crippen LogP contribution in [0.25, 0.3) is 0 Å². The van der Waals surface area contributed by atoms with Crippen LogP contribution in [-0.4, -0.2) is 35.4 Å². The van der Waals surface area contributed by atoms with Crippen LogP contribution in [0.2, 0.25) is 5.02 Å². The molecule has 0 fully saturated rings. The number of nitrogens with one attached hydrogen (secondary N) is 1. The Morgan fingerprint density at radius 2 is 1.77 bits per heavy atom. The number of benzene rings is 2. The summed E-state index contributed by atoms with van der Waals surface area (Å²) in [6.07, 6.45) is 0. The number of nitrogens with zero attached hydrogens (tertiary/aromatic N) is 1. The van der Waals surface area contributed by atoms with E-state index in [1.54, 1.807) is 13.0 Å². The molecule has 5 nitrogen and oxygen atoms in total. The van der Waals surface area contributed by atoms with E-state index >= 15 is 0 Å². The second kappa shape index (κ2) is 10.5. The topological polar surface area (TPSA) is 58.6 Å². The van der Waals surface area contributed by atoms with Gasteiger partial charge in [-0.3, -0.25) is 9.59 Å². The van der Waals surface area contributed by atoms with Gasteiger partial charge in [-0.25, -0.2) is 0 Å². The summed E-state index contributed by atoms with van der Waals surface area (Å²) in [5.74, 6) is 0.186. The average Bonchev–Trinajstić information content (AvgIpc) is 2.67. The standard InChI is InChI=1S/C24H31ClN2O3/c1-15(2)26-24(29)19(6)27(13-20-9-7-8-10-21(20)25)23(28)14-30-22-12-16(3)11-17(4)18(22)5/h7-12,15,19H,13-14H2,1-6H3,(H,26,29)/t19-/m1/s1. The molecule has 0 saturated carbocycles. The van der Waals surface area contributed by atoms with Crippen molar-refractivity contribution in [3.63, 3.8) is 0 Å². The van der Waals surface area contributed by atoms with Gasteiger partial charge < -0.3 is 15.0 Å². The van der Waals surface area contributed by atoms with E-state index in [1.165, 1.54) is 4.90 Å². The van der Waals surface area contributed by atoms with Gasteiger partial charge in [0.2, 0.25) is 5.91 Å². The van der Waals surface area contributed by atoms with Crippen molar-refractivity contribution in [2.75, 3.05) is 6.61 Å². The van der Waals surface area contributed by atoms with Crippen LogP contribution in [0.5, 0.6) is 5.75 Å². The van der Waals surface area contributed by atoms with Crippen molar-refractivity contribution in [3.05, 3.63) is 63.7 Å². The Labute approximate surface area is 184 Å².